The highest BCUT2D eigenvalue weighted by Gasteiger charge is 2.31. The Hall–Kier alpha value is -1.06. The second-order valence-electron chi connectivity index (χ2n) is 5.39. The third-order valence-electron chi connectivity index (χ3n) is 3.98. The van der Waals surface area contributed by atoms with E-state index in [1.54, 1.807) is 6.07 Å². The summed E-state index contributed by atoms with van der Waals surface area (Å²) in [6.07, 6.45) is 1.43. The fourth-order valence-electron chi connectivity index (χ4n) is 2.95. The van der Waals surface area contributed by atoms with Crippen molar-refractivity contribution < 1.29 is 10.2 Å². The molecule has 0 aromatic heterocycles. The van der Waals surface area contributed by atoms with Crippen molar-refractivity contribution in [2.45, 2.75) is 51.7 Å². The number of rotatable bonds is 4. The summed E-state index contributed by atoms with van der Waals surface area (Å²) in [4.78, 5) is 0. The van der Waals surface area contributed by atoms with Crippen molar-refractivity contribution in [1.29, 1.82) is 0 Å². The van der Waals surface area contributed by atoms with E-state index in [0.717, 1.165) is 18.4 Å². The number of aliphatic hydroxyl groups excluding tert-OH is 1. The molecule has 18 heavy (non-hydrogen) atoms. The van der Waals surface area contributed by atoms with Crippen molar-refractivity contribution in [3.8, 4) is 5.75 Å². The molecule has 3 atom stereocenters. The smallest absolute Gasteiger partial charge is 0.120 e. The molecule has 0 saturated carbocycles. The molecule has 1 aliphatic rings. The molecule has 100 valence electrons. The van der Waals surface area contributed by atoms with E-state index < -0.39 is 0 Å². The van der Waals surface area contributed by atoms with Gasteiger partial charge in [-0.1, -0.05) is 19.9 Å². The third-order valence-corrected chi connectivity index (χ3v) is 3.98. The summed E-state index contributed by atoms with van der Waals surface area (Å²) in [5.74, 6) is 0.840. The van der Waals surface area contributed by atoms with Crippen LogP contribution in [0.2, 0.25) is 0 Å². The molecule has 1 aromatic rings. The largest absolute Gasteiger partial charge is 0.508 e. The summed E-state index contributed by atoms with van der Waals surface area (Å²) in [7, 11) is 0. The normalized spacial score (nSPS) is 24.0. The maximum absolute atomic E-state index is 10.1. The minimum absolute atomic E-state index is 0.163. The maximum atomic E-state index is 10.1. The summed E-state index contributed by atoms with van der Waals surface area (Å²) in [6, 6.07) is 3.92. The van der Waals surface area contributed by atoms with E-state index >= 15 is 0 Å². The number of phenols is 1. The monoisotopic (exact) mass is 249 g/mol. The molecule has 0 radical (unpaired) electrons. The summed E-state index contributed by atoms with van der Waals surface area (Å²) in [5.41, 5.74) is 3.56. The van der Waals surface area contributed by atoms with Crippen LogP contribution in [0.25, 0.3) is 0 Å². The molecule has 0 saturated heterocycles. The van der Waals surface area contributed by atoms with E-state index in [2.05, 4.69) is 19.2 Å². The van der Waals surface area contributed by atoms with Crippen LogP contribution in [0.5, 0.6) is 5.75 Å². The standard InChI is InChI=1S/C15H23NO2/c1-4-11(17)8-16-12-7-10(3)14-9(2)5-6-13(18)15(12)14/h5-6,10-12,16-18H,4,7-8H2,1-3H3. The van der Waals surface area contributed by atoms with Gasteiger partial charge in [0.25, 0.3) is 0 Å². The predicted octanol–water partition coefficient (Wildman–Crippen LogP) is 2.61. The highest BCUT2D eigenvalue weighted by atomic mass is 16.3. The summed E-state index contributed by atoms with van der Waals surface area (Å²) >= 11 is 0. The van der Waals surface area contributed by atoms with Gasteiger partial charge in [0.1, 0.15) is 5.75 Å². The van der Waals surface area contributed by atoms with E-state index in [1.807, 2.05) is 13.0 Å². The van der Waals surface area contributed by atoms with Crippen molar-refractivity contribution in [2.24, 2.45) is 0 Å². The molecular formula is C15H23NO2. The van der Waals surface area contributed by atoms with Crippen LogP contribution in [0.15, 0.2) is 12.1 Å². The average molecular weight is 249 g/mol. The molecule has 0 amide bonds. The van der Waals surface area contributed by atoms with Crippen LogP contribution < -0.4 is 5.32 Å². The van der Waals surface area contributed by atoms with Crippen LogP contribution in [0, 0.1) is 6.92 Å². The van der Waals surface area contributed by atoms with Crippen LogP contribution in [-0.4, -0.2) is 22.9 Å². The van der Waals surface area contributed by atoms with E-state index in [9.17, 15) is 10.2 Å². The SMILES string of the molecule is CCC(O)CNC1CC(C)c2c(C)ccc(O)c21. The number of fused-ring (bicyclic) bond motifs is 1. The van der Waals surface area contributed by atoms with Crippen molar-refractivity contribution in [2.75, 3.05) is 6.54 Å². The molecule has 3 heteroatoms. The number of hydrogen-bond donors (Lipinski definition) is 3. The van der Waals surface area contributed by atoms with E-state index in [-0.39, 0.29) is 12.1 Å². The summed E-state index contributed by atoms with van der Waals surface area (Å²) < 4.78 is 0. The molecule has 0 fully saturated rings. The highest BCUT2D eigenvalue weighted by Crippen LogP contribution is 2.45. The lowest BCUT2D eigenvalue weighted by molar-refractivity contribution is 0.162. The first-order valence-corrected chi connectivity index (χ1v) is 6.78. The first kappa shape index (κ1) is 13.4. The number of aliphatic hydroxyl groups is 1. The van der Waals surface area contributed by atoms with Gasteiger partial charge in [-0.05, 0) is 42.9 Å². The van der Waals surface area contributed by atoms with Gasteiger partial charge in [0.2, 0.25) is 0 Å². The second kappa shape index (κ2) is 5.29. The molecule has 3 N–H and O–H groups in total. The molecule has 0 bridgehead atoms. The van der Waals surface area contributed by atoms with Crippen LogP contribution in [0.4, 0.5) is 0 Å². The zero-order valence-corrected chi connectivity index (χ0v) is 11.4. The second-order valence-corrected chi connectivity index (χ2v) is 5.39. The fraction of sp³-hybridized carbons (Fsp3) is 0.600. The number of benzene rings is 1. The van der Waals surface area contributed by atoms with Gasteiger partial charge in [0.15, 0.2) is 0 Å². The first-order chi connectivity index (χ1) is 8.54. The van der Waals surface area contributed by atoms with Gasteiger partial charge in [-0.2, -0.15) is 0 Å². The lowest BCUT2D eigenvalue weighted by Crippen LogP contribution is -2.29. The van der Waals surface area contributed by atoms with Crippen LogP contribution in [-0.2, 0) is 0 Å². The van der Waals surface area contributed by atoms with Crippen LogP contribution in [0.1, 0.15) is 55.3 Å². The quantitative estimate of drug-likeness (QED) is 0.769. The number of aryl methyl sites for hydroxylation is 1. The lowest BCUT2D eigenvalue weighted by atomic mass is 9.97. The molecular weight excluding hydrogens is 226 g/mol. The Morgan fingerprint density at radius 2 is 2.11 bits per heavy atom. The number of aromatic hydroxyl groups is 1. The topological polar surface area (TPSA) is 52.5 Å². The van der Waals surface area contributed by atoms with Crippen LogP contribution in [0.3, 0.4) is 0 Å². The van der Waals surface area contributed by atoms with Crippen LogP contribution >= 0.6 is 0 Å². The van der Waals surface area contributed by atoms with Gasteiger partial charge >= 0.3 is 0 Å². The summed E-state index contributed by atoms with van der Waals surface area (Å²) in [6.45, 7) is 6.85. The number of hydrogen-bond acceptors (Lipinski definition) is 3. The number of nitrogens with one attached hydrogen (secondary N) is 1. The molecule has 1 aliphatic carbocycles. The van der Waals surface area contributed by atoms with Crippen molar-refractivity contribution >= 4 is 0 Å². The third kappa shape index (κ3) is 2.38. The Morgan fingerprint density at radius 1 is 1.39 bits per heavy atom. The van der Waals surface area contributed by atoms with Crippen molar-refractivity contribution in [3.63, 3.8) is 0 Å². The minimum atomic E-state index is -0.309. The van der Waals surface area contributed by atoms with Gasteiger partial charge in [0.05, 0.1) is 6.10 Å². The maximum Gasteiger partial charge on any atom is 0.120 e. The van der Waals surface area contributed by atoms with Crippen molar-refractivity contribution in [1.82, 2.24) is 5.32 Å². The molecule has 0 heterocycles. The van der Waals surface area contributed by atoms with E-state index in [4.69, 9.17) is 0 Å². The number of phenolic OH excluding ortho intramolecular Hbond substituents is 1. The zero-order chi connectivity index (χ0) is 13.3. The van der Waals surface area contributed by atoms with E-state index in [1.165, 1.54) is 11.1 Å². The molecule has 0 aliphatic heterocycles. The Morgan fingerprint density at radius 3 is 2.78 bits per heavy atom. The van der Waals surface area contributed by atoms with E-state index in [0.29, 0.717) is 18.2 Å². The van der Waals surface area contributed by atoms with Gasteiger partial charge in [-0.25, -0.2) is 0 Å². The molecule has 3 nitrogen and oxygen atoms in total. The Balaban J connectivity index is 2.21. The minimum Gasteiger partial charge on any atom is -0.508 e. The molecule has 1 aromatic carbocycles. The fourth-order valence-corrected chi connectivity index (χ4v) is 2.95. The van der Waals surface area contributed by atoms with Gasteiger partial charge in [-0.3, -0.25) is 0 Å². The predicted molar refractivity (Wildman–Crippen MR) is 72.9 cm³/mol. The molecule has 2 rings (SSSR count). The Labute approximate surface area is 109 Å². The Kier molecular flexibility index (Phi) is 3.93. The first-order valence-electron chi connectivity index (χ1n) is 6.78. The lowest BCUT2D eigenvalue weighted by Gasteiger charge is -2.17. The zero-order valence-electron chi connectivity index (χ0n) is 11.4. The van der Waals surface area contributed by atoms with Crippen molar-refractivity contribution in [3.05, 3.63) is 28.8 Å². The van der Waals surface area contributed by atoms with Gasteiger partial charge in [-0.15, -0.1) is 0 Å². The molecule has 3 unspecified atom stereocenters. The molecule has 0 spiro atoms. The Bertz CT molecular complexity index is 431. The summed E-state index contributed by atoms with van der Waals surface area (Å²) in [5, 5.41) is 23.1. The van der Waals surface area contributed by atoms with Gasteiger partial charge in [0, 0.05) is 18.2 Å². The van der Waals surface area contributed by atoms with Gasteiger partial charge < -0.3 is 15.5 Å². The average Bonchev–Trinajstić information content (AvgIpc) is 2.69. The highest BCUT2D eigenvalue weighted by molar-refractivity contribution is 5.50.